The molecular formula is C10H13ClN2O5S. The van der Waals surface area contributed by atoms with Crippen LogP contribution in [0.25, 0.3) is 0 Å². The van der Waals surface area contributed by atoms with E-state index < -0.39 is 16.0 Å². The number of methoxy groups -OCH3 is 1. The predicted octanol–water partition coefficient (Wildman–Crippen LogP) is 0.802. The third kappa shape index (κ3) is 3.57. The number of halogens is 1. The van der Waals surface area contributed by atoms with E-state index in [1.165, 1.54) is 26.2 Å². The number of benzene rings is 1. The molecule has 0 saturated carbocycles. The van der Waals surface area contributed by atoms with E-state index in [1.807, 2.05) is 0 Å². The molecule has 19 heavy (non-hydrogen) atoms. The smallest absolute Gasteiger partial charge is 0.339 e. The summed E-state index contributed by atoms with van der Waals surface area (Å²) in [5.41, 5.74) is -0.325. The average Bonchev–Trinajstić information content (AvgIpc) is 2.25. The van der Waals surface area contributed by atoms with Crippen molar-refractivity contribution in [3.8, 4) is 5.75 Å². The molecule has 106 valence electrons. The molecule has 0 aliphatic heterocycles. The van der Waals surface area contributed by atoms with E-state index in [0.29, 0.717) is 0 Å². The van der Waals surface area contributed by atoms with Crippen molar-refractivity contribution in [2.24, 2.45) is 0 Å². The quantitative estimate of drug-likeness (QED) is 0.781. The maximum Gasteiger partial charge on any atom is 0.339 e. The molecule has 1 rings (SSSR count). The zero-order valence-corrected chi connectivity index (χ0v) is 12.0. The average molecular weight is 309 g/mol. The lowest BCUT2D eigenvalue weighted by Crippen LogP contribution is -2.36. The highest BCUT2D eigenvalue weighted by Crippen LogP contribution is 2.31. The van der Waals surface area contributed by atoms with Gasteiger partial charge in [-0.1, -0.05) is 11.6 Å². The third-order valence-electron chi connectivity index (χ3n) is 2.05. The Morgan fingerprint density at radius 1 is 1.42 bits per heavy atom. The molecule has 0 heterocycles. The van der Waals surface area contributed by atoms with Gasteiger partial charge in [-0.15, -0.1) is 4.83 Å². The molecule has 0 bridgehead atoms. The van der Waals surface area contributed by atoms with Crippen molar-refractivity contribution < 1.29 is 23.1 Å². The van der Waals surface area contributed by atoms with E-state index in [2.05, 4.69) is 4.83 Å². The summed E-state index contributed by atoms with van der Waals surface area (Å²) in [5.74, 6) is -1.60. The van der Waals surface area contributed by atoms with Gasteiger partial charge in [0.05, 0.1) is 7.11 Å². The molecule has 0 aliphatic carbocycles. The Kier molecular flexibility index (Phi) is 4.75. The van der Waals surface area contributed by atoms with E-state index in [4.69, 9.17) is 21.4 Å². The van der Waals surface area contributed by atoms with Gasteiger partial charge in [0.15, 0.2) is 5.75 Å². The SMILES string of the molecule is COc1c(C(=O)O)cc(Cl)cc1S(=O)(=O)NN(C)C. The fourth-order valence-corrected chi connectivity index (χ4v) is 3.01. The van der Waals surface area contributed by atoms with Crippen molar-refractivity contribution in [3.05, 3.63) is 22.7 Å². The van der Waals surface area contributed by atoms with Crippen molar-refractivity contribution in [1.29, 1.82) is 0 Å². The molecule has 1 aromatic rings. The summed E-state index contributed by atoms with van der Waals surface area (Å²) in [6.07, 6.45) is 0. The molecule has 0 aliphatic rings. The number of hydrogen-bond donors (Lipinski definition) is 2. The van der Waals surface area contributed by atoms with Crippen LogP contribution in [0.15, 0.2) is 17.0 Å². The molecule has 7 nitrogen and oxygen atoms in total. The summed E-state index contributed by atoms with van der Waals surface area (Å²) < 4.78 is 29.0. The molecule has 9 heteroatoms. The minimum atomic E-state index is -3.98. The van der Waals surface area contributed by atoms with Gasteiger partial charge in [-0.25, -0.2) is 18.2 Å². The second-order valence-corrected chi connectivity index (χ2v) is 5.84. The monoisotopic (exact) mass is 308 g/mol. The molecule has 0 amide bonds. The first-order valence-corrected chi connectivity index (χ1v) is 6.85. The van der Waals surface area contributed by atoms with Gasteiger partial charge in [-0.2, -0.15) is 0 Å². The van der Waals surface area contributed by atoms with Crippen molar-refractivity contribution in [3.63, 3.8) is 0 Å². The Morgan fingerprint density at radius 2 is 2.00 bits per heavy atom. The normalized spacial score (nSPS) is 11.6. The second-order valence-electron chi connectivity index (χ2n) is 3.78. The Bertz CT molecular complexity index is 600. The topological polar surface area (TPSA) is 95.9 Å². The summed E-state index contributed by atoms with van der Waals surface area (Å²) in [7, 11) is 0.165. The molecule has 0 unspecified atom stereocenters. The van der Waals surface area contributed by atoms with E-state index in [0.717, 1.165) is 12.1 Å². The number of ether oxygens (including phenoxy) is 1. The van der Waals surface area contributed by atoms with Gasteiger partial charge in [0.25, 0.3) is 10.0 Å². The van der Waals surface area contributed by atoms with Gasteiger partial charge >= 0.3 is 5.97 Å². The molecule has 0 spiro atoms. The van der Waals surface area contributed by atoms with Gasteiger partial charge < -0.3 is 9.84 Å². The number of rotatable bonds is 5. The van der Waals surface area contributed by atoms with Crippen LogP contribution in [0.3, 0.4) is 0 Å². The molecule has 0 saturated heterocycles. The summed E-state index contributed by atoms with van der Waals surface area (Å²) in [6, 6.07) is 2.25. The number of hydrogen-bond acceptors (Lipinski definition) is 5. The van der Waals surface area contributed by atoms with Gasteiger partial charge in [0.1, 0.15) is 10.5 Å². The molecule has 1 aromatic carbocycles. The Hall–Kier alpha value is -1.35. The van der Waals surface area contributed by atoms with Crippen LogP contribution in [-0.2, 0) is 10.0 Å². The van der Waals surface area contributed by atoms with Crippen LogP contribution in [0.1, 0.15) is 10.4 Å². The van der Waals surface area contributed by atoms with Crippen molar-refractivity contribution >= 4 is 27.6 Å². The van der Waals surface area contributed by atoms with Gasteiger partial charge in [-0.3, -0.25) is 0 Å². The maximum atomic E-state index is 12.1. The Morgan fingerprint density at radius 3 is 2.42 bits per heavy atom. The molecule has 0 atom stereocenters. The Balaban J connectivity index is 3.55. The van der Waals surface area contributed by atoms with E-state index >= 15 is 0 Å². The Labute approximate surface area is 115 Å². The highest BCUT2D eigenvalue weighted by Gasteiger charge is 2.26. The molecule has 2 N–H and O–H groups in total. The van der Waals surface area contributed by atoms with Crippen LogP contribution in [-0.4, -0.2) is 45.7 Å². The number of aromatic carboxylic acids is 1. The second kappa shape index (κ2) is 5.74. The highest BCUT2D eigenvalue weighted by atomic mass is 35.5. The van der Waals surface area contributed by atoms with Gasteiger partial charge in [-0.05, 0) is 12.1 Å². The zero-order valence-electron chi connectivity index (χ0n) is 10.5. The molecule has 0 aromatic heterocycles. The van der Waals surface area contributed by atoms with Crippen LogP contribution in [0, 0.1) is 0 Å². The van der Waals surface area contributed by atoms with Crippen LogP contribution in [0.2, 0.25) is 5.02 Å². The molecule has 0 radical (unpaired) electrons. The number of hydrazine groups is 1. The van der Waals surface area contributed by atoms with Gasteiger partial charge in [0.2, 0.25) is 0 Å². The molecule has 0 fully saturated rings. The predicted molar refractivity (Wildman–Crippen MR) is 69.0 cm³/mol. The van der Waals surface area contributed by atoms with Crippen molar-refractivity contribution in [2.45, 2.75) is 4.90 Å². The van der Waals surface area contributed by atoms with Crippen LogP contribution < -0.4 is 9.57 Å². The first-order chi connectivity index (χ1) is 8.69. The lowest BCUT2D eigenvalue weighted by Gasteiger charge is -2.16. The number of nitrogens with zero attached hydrogens (tertiary/aromatic N) is 1. The van der Waals surface area contributed by atoms with E-state index in [9.17, 15) is 13.2 Å². The van der Waals surface area contributed by atoms with Crippen molar-refractivity contribution in [2.75, 3.05) is 21.2 Å². The fourth-order valence-electron chi connectivity index (χ4n) is 1.43. The summed E-state index contributed by atoms with van der Waals surface area (Å²) in [5, 5.41) is 10.2. The number of carboxylic acid groups (broad SMARTS) is 1. The number of carboxylic acids is 1. The zero-order chi connectivity index (χ0) is 14.8. The summed E-state index contributed by atoms with van der Waals surface area (Å²) >= 11 is 5.74. The minimum Gasteiger partial charge on any atom is -0.494 e. The lowest BCUT2D eigenvalue weighted by atomic mass is 10.2. The number of carbonyl (C=O) groups is 1. The number of sulfonamides is 1. The number of nitrogens with one attached hydrogen (secondary N) is 1. The van der Waals surface area contributed by atoms with Crippen molar-refractivity contribution in [1.82, 2.24) is 9.84 Å². The third-order valence-corrected chi connectivity index (χ3v) is 3.75. The van der Waals surface area contributed by atoms with Gasteiger partial charge in [0, 0.05) is 19.1 Å². The standard InChI is InChI=1S/C10H13ClN2O5S/c1-13(2)12-19(16,17)8-5-6(11)4-7(10(14)15)9(8)18-3/h4-5,12H,1-3H3,(H,14,15). The first kappa shape index (κ1) is 15.7. The van der Waals surface area contributed by atoms with Crippen LogP contribution >= 0.6 is 11.6 Å². The fraction of sp³-hybridized carbons (Fsp3) is 0.300. The lowest BCUT2D eigenvalue weighted by molar-refractivity contribution is 0.0693. The largest absolute Gasteiger partial charge is 0.494 e. The highest BCUT2D eigenvalue weighted by molar-refractivity contribution is 7.89. The molecular weight excluding hydrogens is 296 g/mol. The van der Waals surface area contributed by atoms with E-state index in [-0.39, 0.29) is 21.2 Å². The summed E-state index contributed by atoms with van der Waals surface area (Å²) in [6.45, 7) is 0. The maximum absolute atomic E-state index is 12.1. The summed E-state index contributed by atoms with van der Waals surface area (Å²) in [4.78, 5) is 12.9. The van der Waals surface area contributed by atoms with Crippen LogP contribution in [0.4, 0.5) is 0 Å². The minimum absolute atomic E-state index is 0.0164. The van der Waals surface area contributed by atoms with E-state index in [1.54, 1.807) is 0 Å². The van der Waals surface area contributed by atoms with Crippen LogP contribution in [0.5, 0.6) is 5.75 Å². The first-order valence-electron chi connectivity index (χ1n) is 4.99.